The molecule has 1 aromatic heterocycles. The number of benzene rings is 2. The third-order valence-electron chi connectivity index (χ3n) is 11.7. The quantitative estimate of drug-likeness (QED) is 0.268. The molecule has 3 fully saturated rings. The Balaban J connectivity index is 1.10. The Morgan fingerprint density at radius 2 is 1.60 bits per heavy atom. The zero-order chi connectivity index (χ0) is 35.6. The van der Waals surface area contributed by atoms with E-state index in [4.69, 9.17) is 23.9 Å². The standard InChI is InChI=1S/C41H51N3O6/c1-25-22-26(2)42-35(47-24-29-12-10-9-11-13-29)31(25)23-44-21-14-30-27(3)33-34(28(4)32(30)36(44)45)49-39(8,48-33)40-15-18-41(19-16-40,20-17-40)43-37(46)50-38(5,6)7/h9-13,22H,14-21,23-24H2,1-8H3,(H,43,46). The van der Waals surface area contributed by atoms with Crippen LogP contribution in [0.2, 0.25) is 0 Å². The fourth-order valence-corrected chi connectivity index (χ4v) is 8.77. The number of fused-ring (bicyclic) bond motifs is 5. The van der Waals surface area contributed by atoms with Crippen molar-refractivity contribution in [2.45, 2.75) is 130 Å². The molecule has 0 saturated heterocycles. The van der Waals surface area contributed by atoms with E-state index in [0.717, 1.165) is 95.3 Å². The van der Waals surface area contributed by atoms with Crippen molar-refractivity contribution < 1.29 is 28.5 Å². The summed E-state index contributed by atoms with van der Waals surface area (Å²) in [4.78, 5) is 33.8. The van der Waals surface area contributed by atoms with Gasteiger partial charge in [0, 0.05) is 46.8 Å². The lowest BCUT2D eigenvalue weighted by Crippen LogP contribution is -2.64. The Morgan fingerprint density at radius 1 is 0.960 bits per heavy atom. The molecule has 5 aliphatic rings. The lowest BCUT2D eigenvalue weighted by molar-refractivity contribution is -0.203. The van der Waals surface area contributed by atoms with Gasteiger partial charge in [-0.25, -0.2) is 9.78 Å². The van der Waals surface area contributed by atoms with Gasteiger partial charge in [-0.15, -0.1) is 0 Å². The van der Waals surface area contributed by atoms with E-state index >= 15 is 0 Å². The van der Waals surface area contributed by atoms with E-state index in [1.54, 1.807) is 0 Å². The molecular weight excluding hydrogens is 630 g/mol. The zero-order valence-corrected chi connectivity index (χ0v) is 30.9. The second-order valence-electron chi connectivity index (χ2n) is 16.2. The van der Waals surface area contributed by atoms with Crippen LogP contribution in [0.1, 0.15) is 116 Å². The van der Waals surface area contributed by atoms with Gasteiger partial charge in [0.25, 0.3) is 11.7 Å². The minimum atomic E-state index is -0.869. The van der Waals surface area contributed by atoms with Gasteiger partial charge in [-0.05, 0) is 122 Å². The monoisotopic (exact) mass is 681 g/mol. The summed E-state index contributed by atoms with van der Waals surface area (Å²) in [7, 11) is 0. The molecule has 1 atom stereocenters. The number of carbonyl (C=O) groups excluding carboxylic acids is 2. The third-order valence-corrected chi connectivity index (χ3v) is 11.7. The average Bonchev–Trinajstić information content (AvgIpc) is 3.44. The van der Waals surface area contributed by atoms with Gasteiger partial charge in [-0.1, -0.05) is 30.3 Å². The highest BCUT2D eigenvalue weighted by molar-refractivity contribution is 6.00. The van der Waals surface area contributed by atoms with Crippen molar-refractivity contribution in [3.63, 3.8) is 0 Å². The fraction of sp³-hybridized carbons (Fsp3) is 0.537. The molecule has 9 nitrogen and oxygen atoms in total. The van der Waals surface area contributed by atoms with Crippen LogP contribution in [-0.4, -0.2) is 45.4 Å². The molecule has 0 radical (unpaired) electrons. The van der Waals surface area contributed by atoms with Gasteiger partial charge in [0.1, 0.15) is 12.2 Å². The molecule has 3 aliphatic carbocycles. The Morgan fingerprint density at radius 3 is 2.24 bits per heavy atom. The van der Waals surface area contributed by atoms with Crippen molar-refractivity contribution in [2.75, 3.05) is 6.54 Å². The number of hydrogen-bond acceptors (Lipinski definition) is 7. The molecular formula is C41H51N3O6. The Bertz CT molecular complexity index is 1820. The van der Waals surface area contributed by atoms with Gasteiger partial charge < -0.3 is 29.2 Å². The number of amides is 2. The highest BCUT2D eigenvalue weighted by Gasteiger charge is 2.62. The van der Waals surface area contributed by atoms with Crippen molar-refractivity contribution in [1.82, 2.24) is 15.2 Å². The smallest absolute Gasteiger partial charge is 0.408 e. The van der Waals surface area contributed by atoms with Crippen molar-refractivity contribution in [2.24, 2.45) is 5.41 Å². The molecule has 9 heteroatoms. The number of rotatable bonds is 7. The van der Waals surface area contributed by atoms with E-state index < -0.39 is 11.4 Å². The number of carbonyl (C=O) groups is 2. The molecule has 0 spiro atoms. The Labute approximate surface area is 296 Å². The zero-order valence-electron chi connectivity index (χ0n) is 30.9. The normalized spacial score (nSPS) is 25.4. The van der Waals surface area contributed by atoms with Crippen LogP contribution >= 0.6 is 0 Å². The minimum absolute atomic E-state index is 0.00710. The van der Waals surface area contributed by atoms with Crippen LogP contribution in [0, 0.1) is 33.1 Å². The second-order valence-corrected chi connectivity index (χ2v) is 16.2. The second kappa shape index (κ2) is 12.2. The van der Waals surface area contributed by atoms with Crippen molar-refractivity contribution in [3.8, 4) is 17.4 Å². The van der Waals surface area contributed by atoms with Crippen LogP contribution in [-0.2, 0) is 24.3 Å². The summed E-state index contributed by atoms with van der Waals surface area (Å²) in [6, 6.07) is 12.1. The lowest BCUT2D eigenvalue weighted by atomic mass is 9.54. The van der Waals surface area contributed by atoms with E-state index in [1.807, 2.05) is 69.9 Å². The van der Waals surface area contributed by atoms with Crippen molar-refractivity contribution in [1.29, 1.82) is 0 Å². The number of aromatic nitrogens is 1. The summed E-state index contributed by atoms with van der Waals surface area (Å²) < 4.78 is 25.7. The first kappa shape index (κ1) is 34.2. The number of nitrogens with one attached hydrogen (secondary N) is 1. The van der Waals surface area contributed by atoms with Crippen LogP contribution in [0.5, 0.6) is 17.4 Å². The van der Waals surface area contributed by atoms with E-state index in [0.29, 0.717) is 31.3 Å². The predicted octanol–water partition coefficient (Wildman–Crippen LogP) is 8.20. The van der Waals surface area contributed by atoms with Crippen LogP contribution < -0.4 is 19.5 Å². The average molecular weight is 682 g/mol. The number of hydrogen-bond donors (Lipinski definition) is 1. The highest BCUT2D eigenvalue weighted by Crippen LogP contribution is 2.62. The lowest BCUT2D eigenvalue weighted by Gasteiger charge is -2.57. The minimum Gasteiger partial charge on any atom is -0.473 e. The molecule has 1 unspecified atom stereocenters. The number of aryl methyl sites for hydroxylation is 2. The SMILES string of the molecule is Cc1cc(C)c(CN2CCc3c(C)c4c(c(C)c3C2=O)OC(C)(C23CCC(NC(=O)OC(C)(C)C)(CC2)CC3)O4)c(OCc2ccccc2)n1. The van der Waals surface area contributed by atoms with Gasteiger partial charge in [0.2, 0.25) is 5.88 Å². The molecule has 3 saturated carbocycles. The van der Waals surface area contributed by atoms with Gasteiger partial charge in [0.05, 0.1) is 6.54 Å². The van der Waals surface area contributed by atoms with Gasteiger partial charge >= 0.3 is 6.09 Å². The maximum atomic E-state index is 14.4. The summed E-state index contributed by atoms with van der Waals surface area (Å²) in [5.41, 5.74) is 6.51. The van der Waals surface area contributed by atoms with Gasteiger partial charge in [0.15, 0.2) is 11.5 Å². The Kier molecular flexibility index (Phi) is 8.34. The predicted molar refractivity (Wildman–Crippen MR) is 191 cm³/mol. The fourth-order valence-electron chi connectivity index (χ4n) is 8.77. The molecule has 2 aliphatic heterocycles. The van der Waals surface area contributed by atoms with Crippen LogP contribution in [0.4, 0.5) is 4.79 Å². The summed E-state index contributed by atoms with van der Waals surface area (Å²) in [6.45, 7) is 17.2. The topological polar surface area (TPSA) is 99.2 Å². The van der Waals surface area contributed by atoms with E-state index in [1.165, 1.54) is 0 Å². The van der Waals surface area contributed by atoms with Crippen LogP contribution in [0.25, 0.3) is 0 Å². The molecule has 50 heavy (non-hydrogen) atoms. The summed E-state index contributed by atoms with van der Waals surface area (Å²) >= 11 is 0. The first-order valence-electron chi connectivity index (χ1n) is 18.1. The van der Waals surface area contributed by atoms with E-state index in [9.17, 15) is 9.59 Å². The number of ether oxygens (including phenoxy) is 4. The first-order chi connectivity index (χ1) is 23.6. The number of pyridine rings is 1. The largest absolute Gasteiger partial charge is 0.473 e. The summed E-state index contributed by atoms with van der Waals surface area (Å²) in [5, 5.41) is 3.22. The summed E-state index contributed by atoms with van der Waals surface area (Å²) in [6.07, 6.45) is 5.53. The first-order valence-corrected chi connectivity index (χ1v) is 18.1. The highest BCUT2D eigenvalue weighted by atomic mass is 16.7. The molecule has 8 rings (SSSR count). The molecule has 2 amide bonds. The maximum absolute atomic E-state index is 14.4. The van der Waals surface area contributed by atoms with Gasteiger partial charge in [-0.3, -0.25) is 4.79 Å². The molecule has 2 bridgehead atoms. The Hall–Kier alpha value is -4.27. The maximum Gasteiger partial charge on any atom is 0.408 e. The van der Waals surface area contributed by atoms with Crippen LogP contribution in [0.3, 0.4) is 0 Å². The van der Waals surface area contributed by atoms with E-state index in [2.05, 4.69) is 32.2 Å². The molecule has 266 valence electrons. The van der Waals surface area contributed by atoms with Crippen molar-refractivity contribution in [3.05, 3.63) is 81.0 Å². The summed E-state index contributed by atoms with van der Waals surface area (Å²) in [5.74, 6) is 1.15. The molecule has 3 heterocycles. The molecule has 1 N–H and O–H groups in total. The molecule has 2 aromatic carbocycles. The third kappa shape index (κ3) is 5.96. The van der Waals surface area contributed by atoms with Crippen LogP contribution in [0.15, 0.2) is 36.4 Å². The van der Waals surface area contributed by atoms with E-state index in [-0.39, 0.29) is 23.0 Å². The van der Waals surface area contributed by atoms with Crippen molar-refractivity contribution >= 4 is 12.0 Å². The number of alkyl carbamates (subject to hydrolysis) is 1. The van der Waals surface area contributed by atoms with Gasteiger partial charge in [-0.2, -0.15) is 0 Å². The number of nitrogens with zero attached hydrogens (tertiary/aromatic N) is 2. The molecule has 3 aromatic rings.